The standard InChI is InChI=1S/C15H9O2/c1-8(10-6-7-10)11-4-3-5-12-13(11)9(2)14(16)15(12)17/h3-7H,1-2H2. The number of hydrogen-bond acceptors (Lipinski definition) is 2. The first-order valence-electron chi connectivity index (χ1n) is 5.27. The fraction of sp³-hybridized carbons (Fsp3) is 0. The normalized spacial score (nSPS) is 16.9. The van der Waals surface area contributed by atoms with Gasteiger partial charge in [-0.2, -0.15) is 0 Å². The lowest BCUT2D eigenvalue weighted by atomic mass is 9.94. The van der Waals surface area contributed by atoms with Crippen LogP contribution in [0.15, 0.2) is 43.0 Å². The molecule has 0 atom stereocenters. The van der Waals surface area contributed by atoms with Crippen LogP contribution < -0.4 is 0 Å². The molecule has 2 nitrogen and oxygen atoms in total. The highest BCUT2D eigenvalue weighted by molar-refractivity contribution is 6.63. The highest BCUT2D eigenvalue weighted by Gasteiger charge is 2.34. The van der Waals surface area contributed by atoms with Crippen molar-refractivity contribution in [3.05, 3.63) is 66.1 Å². The fourth-order valence-corrected chi connectivity index (χ4v) is 2.09. The number of allylic oxidation sites excluding steroid dienone is 4. The Balaban J connectivity index is 2.24. The van der Waals surface area contributed by atoms with Crippen molar-refractivity contribution in [3.8, 4) is 0 Å². The first kappa shape index (κ1) is 9.97. The van der Waals surface area contributed by atoms with Crippen LogP contribution in [0, 0.1) is 6.42 Å². The monoisotopic (exact) mass is 221 g/mol. The number of benzene rings is 1. The molecule has 0 unspecified atom stereocenters. The maximum atomic E-state index is 11.7. The van der Waals surface area contributed by atoms with E-state index in [1.165, 1.54) is 0 Å². The number of Topliss-reactive ketones (excluding diaryl/α,β-unsaturated/α-hetero) is 2. The molecule has 0 N–H and O–H groups in total. The van der Waals surface area contributed by atoms with Crippen LogP contribution in [0.1, 0.15) is 21.5 Å². The van der Waals surface area contributed by atoms with Crippen LogP contribution in [-0.2, 0) is 4.79 Å². The second-order valence-electron chi connectivity index (χ2n) is 4.13. The third-order valence-corrected chi connectivity index (χ3v) is 3.10. The van der Waals surface area contributed by atoms with E-state index >= 15 is 0 Å². The molecule has 0 bridgehead atoms. The van der Waals surface area contributed by atoms with Crippen LogP contribution in [0.2, 0.25) is 0 Å². The Morgan fingerprint density at radius 3 is 2.47 bits per heavy atom. The SMILES string of the molecule is C=C(C1=C[CH]1)c1cccc2c1C(=C)C(=O)C2=O. The molecule has 0 saturated heterocycles. The van der Waals surface area contributed by atoms with E-state index in [-0.39, 0.29) is 5.57 Å². The third kappa shape index (κ3) is 1.27. The van der Waals surface area contributed by atoms with Gasteiger partial charge in [0.25, 0.3) is 0 Å². The van der Waals surface area contributed by atoms with Gasteiger partial charge in [0.2, 0.25) is 11.6 Å². The van der Waals surface area contributed by atoms with Gasteiger partial charge in [0, 0.05) is 23.1 Å². The lowest BCUT2D eigenvalue weighted by Gasteiger charge is -2.08. The number of ketones is 2. The lowest BCUT2D eigenvalue weighted by molar-refractivity contribution is -0.109. The van der Waals surface area contributed by atoms with E-state index in [4.69, 9.17) is 0 Å². The average molecular weight is 221 g/mol. The van der Waals surface area contributed by atoms with Crippen LogP contribution in [0.4, 0.5) is 0 Å². The van der Waals surface area contributed by atoms with E-state index in [0.717, 1.165) is 16.7 Å². The molecule has 1 radical (unpaired) electrons. The highest BCUT2D eigenvalue weighted by atomic mass is 16.2. The Morgan fingerprint density at radius 1 is 1.12 bits per heavy atom. The Morgan fingerprint density at radius 2 is 1.82 bits per heavy atom. The zero-order valence-electron chi connectivity index (χ0n) is 9.12. The quantitative estimate of drug-likeness (QED) is 0.568. The van der Waals surface area contributed by atoms with Gasteiger partial charge in [-0.15, -0.1) is 0 Å². The number of fused-ring (bicyclic) bond motifs is 1. The molecule has 0 fully saturated rings. The van der Waals surface area contributed by atoms with Crippen molar-refractivity contribution in [2.45, 2.75) is 0 Å². The van der Waals surface area contributed by atoms with Gasteiger partial charge in [0.1, 0.15) is 0 Å². The Labute approximate surface area is 99.0 Å². The minimum atomic E-state index is -0.506. The lowest BCUT2D eigenvalue weighted by Crippen LogP contribution is -2.04. The van der Waals surface area contributed by atoms with Gasteiger partial charge in [-0.3, -0.25) is 9.59 Å². The molecule has 2 aliphatic rings. The number of carbonyl (C=O) groups is 2. The van der Waals surface area contributed by atoms with Gasteiger partial charge in [0.15, 0.2) is 0 Å². The molecular formula is C15H9O2. The molecule has 0 amide bonds. The molecule has 17 heavy (non-hydrogen) atoms. The maximum absolute atomic E-state index is 11.7. The van der Waals surface area contributed by atoms with Gasteiger partial charge in [-0.25, -0.2) is 0 Å². The molecule has 81 valence electrons. The third-order valence-electron chi connectivity index (χ3n) is 3.10. The smallest absolute Gasteiger partial charge is 0.234 e. The van der Waals surface area contributed by atoms with E-state index in [2.05, 4.69) is 13.2 Å². The zero-order valence-corrected chi connectivity index (χ0v) is 9.12. The maximum Gasteiger partial charge on any atom is 0.234 e. The van der Waals surface area contributed by atoms with Crippen molar-refractivity contribution in [1.82, 2.24) is 0 Å². The molecule has 0 aliphatic heterocycles. The van der Waals surface area contributed by atoms with Gasteiger partial charge >= 0.3 is 0 Å². The van der Waals surface area contributed by atoms with Gasteiger partial charge in [-0.05, 0) is 16.7 Å². The molecule has 3 rings (SSSR count). The fourth-order valence-electron chi connectivity index (χ4n) is 2.09. The van der Waals surface area contributed by atoms with E-state index < -0.39 is 11.6 Å². The molecule has 1 aromatic rings. The largest absolute Gasteiger partial charge is 0.285 e. The first-order valence-corrected chi connectivity index (χ1v) is 5.27. The second kappa shape index (κ2) is 3.14. The Bertz CT molecular complexity index is 645. The molecule has 0 heterocycles. The molecule has 0 spiro atoms. The van der Waals surface area contributed by atoms with Crippen molar-refractivity contribution in [1.29, 1.82) is 0 Å². The number of rotatable bonds is 2. The van der Waals surface area contributed by atoms with E-state index in [9.17, 15) is 9.59 Å². The molecule has 2 aliphatic carbocycles. The number of hydrogen-bond donors (Lipinski definition) is 0. The Kier molecular flexibility index (Phi) is 1.84. The van der Waals surface area contributed by atoms with Crippen LogP contribution >= 0.6 is 0 Å². The molecule has 1 aromatic carbocycles. The summed E-state index contributed by atoms with van der Waals surface area (Å²) < 4.78 is 0. The molecule has 2 heteroatoms. The summed E-state index contributed by atoms with van der Waals surface area (Å²) in [6.45, 7) is 7.69. The van der Waals surface area contributed by atoms with Crippen LogP contribution in [0.3, 0.4) is 0 Å². The van der Waals surface area contributed by atoms with Crippen LogP contribution in [0.25, 0.3) is 11.1 Å². The summed E-state index contributed by atoms with van der Waals surface area (Å²) in [6, 6.07) is 5.30. The number of carbonyl (C=O) groups excluding carboxylic acids is 2. The van der Waals surface area contributed by atoms with Crippen molar-refractivity contribution in [2.24, 2.45) is 0 Å². The average Bonchev–Trinajstić information content (AvgIpc) is 3.15. The Hall–Kier alpha value is -2.22. The van der Waals surface area contributed by atoms with E-state index in [1.807, 2.05) is 18.6 Å². The van der Waals surface area contributed by atoms with Crippen molar-refractivity contribution in [2.75, 3.05) is 0 Å². The van der Waals surface area contributed by atoms with Crippen LogP contribution in [0.5, 0.6) is 0 Å². The summed E-state index contributed by atoms with van der Waals surface area (Å²) in [5.74, 6) is -0.970. The summed E-state index contributed by atoms with van der Waals surface area (Å²) in [7, 11) is 0. The van der Waals surface area contributed by atoms with Crippen LogP contribution in [-0.4, -0.2) is 11.6 Å². The molecule has 0 aromatic heterocycles. The summed E-state index contributed by atoms with van der Waals surface area (Å²) in [4.78, 5) is 23.3. The summed E-state index contributed by atoms with van der Waals surface area (Å²) >= 11 is 0. The van der Waals surface area contributed by atoms with Crippen molar-refractivity contribution >= 4 is 22.7 Å². The van der Waals surface area contributed by atoms with Gasteiger partial charge < -0.3 is 0 Å². The van der Waals surface area contributed by atoms with Gasteiger partial charge in [-0.1, -0.05) is 37.4 Å². The first-order chi connectivity index (χ1) is 8.11. The predicted octanol–water partition coefficient (Wildman–Crippen LogP) is 2.62. The predicted molar refractivity (Wildman–Crippen MR) is 66.2 cm³/mol. The topological polar surface area (TPSA) is 34.1 Å². The summed E-state index contributed by atoms with van der Waals surface area (Å²) in [5.41, 5.74) is 4.09. The van der Waals surface area contributed by atoms with Crippen molar-refractivity contribution < 1.29 is 9.59 Å². The second-order valence-corrected chi connectivity index (χ2v) is 4.13. The molecular weight excluding hydrogens is 212 g/mol. The zero-order chi connectivity index (χ0) is 12.2. The van der Waals surface area contributed by atoms with E-state index in [1.54, 1.807) is 12.1 Å². The van der Waals surface area contributed by atoms with E-state index in [0.29, 0.717) is 11.1 Å². The minimum absolute atomic E-state index is 0.281. The summed E-state index contributed by atoms with van der Waals surface area (Å²) in [5, 5.41) is 0. The minimum Gasteiger partial charge on any atom is -0.285 e. The molecule has 0 saturated carbocycles. The summed E-state index contributed by atoms with van der Waals surface area (Å²) in [6.07, 6.45) is 3.90. The van der Waals surface area contributed by atoms with Gasteiger partial charge in [0.05, 0.1) is 0 Å². The van der Waals surface area contributed by atoms with Crippen molar-refractivity contribution in [3.63, 3.8) is 0 Å². The highest BCUT2D eigenvalue weighted by Crippen LogP contribution is 2.39.